The van der Waals surface area contributed by atoms with Crippen molar-refractivity contribution in [1.82, 2.24) is 19.2 Å². The van der Waals surface area contributed by atoms with Gasteiger partial charge in [-0.1, -0.05) is 24.3 Å². The zero-order valence-corrected chi connectivity index (χ0v) is 13.3. The van der Waals surface area contributed by atoms with Gasteiger partial charge in [0.05, 0.1) is 28.3 Å². The molecule has 0 atom stereocenters. The van der Waals surface area contributed by atoms with Crippen molar-refractivity contribution in [3.63, 3.8) is 0 Å². The van der Waals surface area contributed by atoms with Crippen LogP contribution in [0.4, 0.5) is 0 Å². The molecule has 4 rings (SSSR count). The first-order chi connectivity index (χ1) is 12.2. The number of para-hydroxylation sites is 3. The van der Waals surface area contributed by atoms with Crippen LogP contribution in [0.1, 0.15) is 6.42 Å². The van der Waals surface area contributed by atoms with Gasteiger partial charge in [0.25, 0.3) is 5.56 Å². The Morgan fingerprint density at radius 2 is 1.68 bits per heavy atom. The van der Waals surface area contributed by atoms with E-state index in [9.17, 15) is 9.59 Å². The normalized spacial score (nSPS) is 11.0. The van der Waals surface area contributed by atoms with E-state index in [0.29, 0.717) is 10.9 Å². The minimum absolute atomic E-state index is 0.147. The molecule has 0 saturated heterocycles. The number of amides is 1. The molecule has 4 aromatic rings. The number of nitrogens with one attached hydrogen (secondary N) is 1. The third-order valence-corrected chi connectivity index (χ3v) is 4.01. The molecule has 0 spiro atoms. The van der Waals surface area contributed by atoms with Crippen molar-refractivity contribution in [2.24, 2.45) is 0 Å². The molecule has 7 heteroatoms. The highest BCUT2D eigenvalue weighted by atomic mass is 16.2. The average molecular weight is 333 g/mol. The lowest BCUT2D eigenvalue weighted by atomic mass is 10.2. The van der Waals surface area contributed by atoms with E-state index in [4.69, 9.17) is 0 Å². The van der Waals surface area contributed by atoms with Gasteiger partial charge in [-0.2, -0.15) is 0 Å². The van der Waals surface area contributed by atoms with Crippen LogP contribution < -0.4 is 11.0 Å². The topological polar surface area (TPSA) is 81.8 Å². The lowest BCUT2D eigenvalue weighted by molar-refractivity contribution is -0.117. The Kier molecular flexibility index (Phi) is 3.74. The summed E-state index contributed by atoms with van der Waals surface area (Å²) in [5.74, 6) is -0.205. The van der Waals surface area contributed by atoms with Gasteiger partial charge in [0, 0.05) is 13.0 Å². The average Bonchev–Trinajstić information content (AvgIpc) is 3.04. The molecule has 1 N–H and O–H groups in total. The van der Waals surface area contributed by atoms with Crippen LogP contribution in [0.15, 0.2) is 66.0 Å². The van der Waals surface area contributed by atoms with E-state index in [1.54, 1.807) is 29.2 Å². The van der Waals surface area contributed by atoms with E-state index in [2.05, 4.69) is 15.4 Å². The molecule has 0 fully saturated rings. The SMILES string of the molecule is O=C(CCn1cnc2ccccc2c1=O)Nn1cnc2ccccc21. The summed E-state index contributed by atoms with van der Waals surface area (Å²) in [6.07, 6.45) is 3.20. The van der Waals surface area contributed by atoms with Gasteiger partial charge < -0.3 is 0 Å². The second-order valence-electron chi connectivity index (χ2n) is 5.65. The lowest BCUT2D eigenvalue weighted by Crippen LogP contribution is -2.26. The zero-order valence-electron chi connectivity index (χ0n) is 13.3. The Balaban J connectivity index is 1.49. The quantitative estimate of drug-likeness (QED) is 0.618. The number of carbonyl (C=O) groups is 1. The number of benzene rings is 2. The number of nitrogens with zero attached hydrogens (tertiary/aromatic N) is 4. The molecule has 7 nitrogen and oxygen atoms in total. The number of hydrogen-bond acceptors (Lipinski definition) is 4. The molecule has 0 aliphatic rings. The maximum absolute atomic E-state index is 12.4. The van der Waals surface area contributed by atoms with Gasteiger partial charge in [-0.25, -0.2) is 14.6 Å². The molecule has 2 aromatic carbocycles. The fraction of sp³-hybridized carbons (Fsp3) is 0.111. The molecule has 0 aliphatic heterocycles. The molecular weight excluding hydrogens is 318 g/mol. The number of hydrogen-bond donors (Lipinski definition) is 1. The second-order valence-corrected chi connectivity index (χ2v) is 5.65. The largest absolute Gasteiger partial charge is 0.298 e. The van der Waals surface area contributed by atoms with Crippen LogP contribution >= 0.6 is 0 Å². The summed E-state index contributed by atoms with van der Waals surface area (Å²) in [6.45, 7) is 0.259. The van der Waals surface area contributed by atoms with E-state index in [-0.39, 0.29) is 24.4 Å². The van der Waals surface area contributed by atoms with Crippen molar-refractivity contribution in [3.8, 4) is 0 Å². The second kappa shape index (κ2) is 6.20. The van der Waals surface area contributed by atoms with Gasteiger partial charge in [0.1, 0.15) is 6.33 Å². The fourth-order valence-corrected chi connectivity index (χ4v) is 2.73. The summed E-state index contributed by atoms with van der Waals surface area (Å²) in [6, 6.07) is 14.7. The molecule has 0 radical (unpaired) electrons. The van der Waals surface area contributed by atoms with E-state index in [1.165, 1.54) is 10.9 Å². The molecule has 1 amide bonds. The predicted molar refractivity (Wildman–Crippen MR) is 94.7 cm³/mol. The number of rotatable bonds is 4. The molecular formula is C18H15N5O2. The molecule has 0 unspecified atom stereocenters. The Morgan fingerprint density at radius 3 is 2.56 bits per heavy atom. The summed E-state index contributed by atoms with van der Waals surface area (Å²) >= 11 is 0. The summed E-state index contributed by atoms with van der Waals surface area (Å²) in [7, 11) is 0. The first-order valence-electron chi connectivity index (χ1n) is 7.88. The highest BCUT2D eigenvalue weighted by Gasteiger charge is 2.08. The first-order valence-corrected chi connectivity index (χ1v) is 7.88. The van der Waals surface area contributed by atoms with Crippen LogP contribution in [0.3, 0.4) is 0 Å². The van der Waals surface area contributed by atoms with Crippen molar-refractivity contribution >= 4 is 27.8 Å². The Hall–Kier alpha value is -3.48. The maximum atomic E-state index is 12.4. The molecule has 0 saturated carbocycles. The Morgan fingerprint density at radius 1 is 0.960 bits per heavy atom. The number of imidazole rings is 1. The van der Waals surface area contributed by atoms with Crippen molar-refractivity contribution in [2.45, 2.75) is 13.0 Å². The van der Waals surface area contributed by atoms with Crippen molar-refractivity contribution < 1.29 is 4.79 Å². The van der Waals surface area contributed by atoms with Crippen molar-refractivity contribution in [3.05, 3.63) is 71.5 Å². The predicted octanol–water partition coefficient (Wildman–Crippen LogP) is 1.91. The van der Waals surface area contributed by atoms with Crippen LogP contribution in [-0.2, 0) is 11.3 Å². The van der Waals surface area contributed by atoms with Crippen LogP contribution in [0.2, 0.25) is 0 Å². The van der Waals surface area contributed by atoms with Crippen molar-refractivity contribution in [2.75, 3.05) is 5.43 Å². The molecule has 2 aromatic heterocycles. The van der Waals surface area contributed by atoms with Gasteiger partial charge in [0.15, 0.2) is 0 Å². The summed E-state index contributed by atoms with van der Waals surface area (Å²) < 4.78 is 3.03. The molecule has 0 bridgehead atoms. The molecule has 0 aliphatic carbocycles. The number of aromatic nitrogens is 4. The standard InChI is InChI=1S/C18H15N5O2/c24-17(21-23-12-20-15-7-3-4-8-16(15)23)9-10-22-11-19-14-6-2-1-5-13(14)18(22)25/h1-8,11-12H,9-10H2,(H,21,24). The molecule has 124 valence electrons. The number of aryl methyl sites for hydroxylation is 1. The van der Waals surface area contributed by atoms with Gasteiger partial charge in [-0.3, -0.25) is 19.6 Å². The Labute approximate surface area is 142 Å². The van der Waals surface area contributed by atoms with E-state index in [1.807, 2.05) is 30.3 Å². The van der Waals surface area contributed by atoms with Crippen LogP contribution in [-0.4, -0.2) is 25.1 Å². The van der Waals surface area contributed by atoms with Crippen LogP contribution in [0.5, 0.6) is 0 Å². The Bertz CT molecular complexity index is 1130. The molecule has 25 heavy (non-hydrogen) atoms. The van der Waals surface area contributed by atoms with Gasteiger partial charge >= 0.3 is 0 Å². The van der Waals surface area contributed by atoms with E-state index in [0.717, 1.165) is 11.0 Å². The molecule has 2 heterocycles. The third-order valence-electron chi connectivity index (χ3n) is 4.01. The van der Waals surface area contributed by atoms with Gasteiger partial charge in [0.2, 0.25) is 5.91 Å². The van der Waals surface area contributed by atoms with E-state index < -0.39 is 0 Å². The number of fused-ring (bicyclic) bond motifs is 2. The van der Waals surface area contributed by atoms with E-state index >= 15 is 0 Å². The van der Waals surface area contributed by atoms with Crippen LogP contribution in [0, 0.1) is 0 Å². The first kappa shape index (κ1) is 15.1. The maximum Gasteiger partial charge on any atom is 0.261 e. The van der Waals surface area contributed by atoms with Gasteiger partial charge in [-0.05, 0) is 24.3 Å². The highest BCUT2D eigenvalue weighted by molar-refractivity contribution is 5.86. The lowest BCUT2D eigenvalue weighted by Gasteiger charge is -2.09. The van der Waals surface area contributed by atoms with Gasteiger partial charge in [-0.15, -0.1) is 0 Å². The zero-order chi connectivity index (χ0) is 17.2. The summed E-state index contributed by atoms with van der Waals surface area (Å²) in [5, 5.41) is 0.547. The smallest absolute Gasteiger partial charge is 0.261 e. The monoisotopic (exact) mass is 333 g/mol. The highest BCUT2D eigenvalue weighted by Crippen LogP contribution is 2.10. The number of carbonyl (C=O) groups excluding carboxylic acids is 1. The fourth-order valence-electron chi connectivity index (χ4n) is 2.73. The minimum atomic E-state index is -0.205. The van der Waals surface area contributed by atoms with Crippen LogP contribution in [0.25, 0.3) is 21.9 Å². The minimum Gasteiger partial charge on any atom is -0.298 e. The third kappa shape index (κ3) is 2.87. The summed E-state index contributed by atoms with van der Waals surface area (Å²) in [5.41, 5.74) is 4.90. The summed E-state index contributed by atoms with van der Waals surface area (Å²) in [4.78, 5) is 33.1. The van der Waals surface area contributed by atoms with Crippen molar-refractivity contribution in [1.29, 1.82) is 0 Å².